The number of amides is 1. The Hall–Kier alpha value is -3.03. The fourth-order valence-corrected chi connectivity index (χ4v) is 2.56. The molecule has 0 aliphatic heterocycles. The zero-order valence-corrected chi connectivity index (χ0v) is 16.1. The van der Waals surface area contributed by atoms with Gasteiger partial charge in [0.15, 0.2) is 12.4 Å². The number of hydrogen-bond donors (Lipinski definition) is 2. The van der Waals surface area contributed by atoms with Crippen molar-refractivity contribution in [3.8, 4) is 11.3 Å². The number of anilines is 1. The third-order valence-electron chi connectivity index (χ3n) is 3.54. The normalized spacial score (nSPS) is 11.3. The minimum absolute atomic E-state index is 0.00837. The molecule has 1 amide bonds. The number of nitrogens with one attached hydrogen (secondary N) is 1. The first kappa shape index (κ1) is 19.7. The van der Waals surface area contributed by atoms with Crippen molar-refractivity contribution in [1.82, 2.24) is 4.98 Å². The molecule has 0 fully saturated rings. The summed E-state index contributed by atoms with van der Waals surface area (Å²) in [5, 5.41) is 7.42. The minimum atomic E-state index is -0.362. The van der Waals surface area contributed by atoms with Crippen LogP contribution in [0.5, 0.6) is 0 Å². The van der Waals surface area contributed by atoms with E-state index in [9.17, 15) is 4.79 Å². The van der Waals surface area contributed by atoms with Crippen molar-refractivity contribution in [2.24, 2.45) is 10.9 Å². The van der Waals surface area contributed by atoms with Crippen LogP contribution in [0.4, 0.5) is 5.69 Å². The van der Waals surface area contributed by atoms with Crippen LogP contribution in [-0.4, -0.2) is 16.7 Å². The first-order chi connectivity index (χ1) is 13.5. The number of rotatable bonds is 7. The van der Waals surface area contributed by atoms with Crippen LogP contribution in [0, 0.1) is 0 Å². The lowest BCUT2D eigenvalue weighted by molar-refractivity contribution is -0.115. The summed E-state index contributed by atoms with van der Waals surface area (Å²) in [5.74, 6) is 0.543. The van der Waals surface area contributed by atoms with Gasteiger partial charge in [-0.05, 0) is 36.4 Å². The molecule has 0 bridgehead atoms. The van der Waals surface area contributed by atoms with Crippen molar-refractivity contribution in [3.05, 3.63) is 70.7 Å². The standard InChI is InChI=1S/C19H16Cl2N4O3/c20-13-7-5-12(6-8-13)16-10-23-19(28-16)11-27-25-17(22)9-18(26)24-15-4-2-1-3-14(15)21/h1-8,10H,9,11H2,(H2,22,25)(H,24,26). The van der Waals surface area contributed by atoms with Crippen LogP contribution in [0.15, 0.2) is 64.3 Å². The lowest BCUT2D eigenvalue weighted by Gasteiger charge is -2.06. The number of aromatic nitrogens is 1. The summed E-state index contributed by atoms with van der Waals surface area (Å²) in [6.45, 7) is -0.0274. The van der Waals surface area contributed by atoms with Crippen molar-refractivity contribution in [2.75, 3.05) is 5.32 Å². The van der Waals surface area contributed by atoms with Gasteiger partial charge in [0.05, 0.1) is 23.3 Å². The van der Waals surface area contributed by atoms with Gasteiger partial charge < -0.3 is 20.3 Å². The van der Waals surface area contributed by atoms with Crippen molar-refractivity contribution in [1.29, 1.82) is 0 Å². The molecule has 0 saturated heterocycles. The molecule has 3 N–H and O–H groups in total. The maximum Gasteiger partial charge on any atom is 0.235 e. The largest absolute Gasteiger partial charge is 0.437 e. The van der Waals surface area contributed by atoms with Crippen molar-refractivity contribution < 1.29 is 14.0 Å². The molecule has 144 valence electrons. The molecular weight excluding hydrogens is 403 g/mol. The monoisotopic (exact) mass is 418 g/mol. The fraction of sp³-hybridized carbons (Fsp3) is 0.105. The van der Waals surface area contributed by atoms with E-state index in [-0.39, 0.29) is 24.8 Å². The predicted molar refractivity (Wildman–Crippen MR) is 108 cm³/mol. The summed E-state index contributed by atoms with van der Waals surface area (Å²) >= 11 is 11.8. The van der Waals surface area contributed by atoms with Gasteiger partial charge in [-0.1, -0.05) is 40.5 Å². The number of para-hydroxylation sites is 1. The fourth-order valence-electron chi connectivity index (χ4n) is 2.25. The lowest BCUT2D eigenvalue weighted by Crippen LogP contribution is -2.22. The van der Waals surface area contributed by atoms with Crippen molar-refractivity contribution in [3.63, 3.8) is 0 Å². The number of carbonyl (C=O) groups is 1. The van der Waals surface area contributed by atoms with Crippen LogP contribution >= 0.6 is 23.2 Å². The van der Waals surface area contributed by atoms with Gasteiger partial charge in [0.25, 0.3) is 0 Å². The Kier molecular flexibility index (Phi) is 6.52. The summed E-state index contributed by atoms with van der Waals surface area (Å²) in [6.07, 6.45) is 1.43. The smallest absolute Gasteiger partial charge is 0.235 e. The number of nitrogens with two attached hydrogens (primary N) is 1. The van der Waals surface area contributed by atoms with E-state index in [4.69, 9.17) is 38.2 Å². The van der Waals surface area contributed by atoms with E-state index in [1.54, 1.807) is 42.6 Å². The summed E-state index contributed by atoms with van der Waals surface area (Å²) < 4.78 is 5.58. The van der Waals surface area contributed by atoms with Crippen LogP contribution in [0.25, 0.3) is 11.3 Å². The molecule has 0 aliphatic carbocycles. The molecular formula is C19H16Cl2N4O3. The number of halogens is 2. The topological polar surface area (TPSA) is 103 Å². The van der Waals surface area contributed by atoms with Gasteiger partial charge in [-0.3, -0.25) is 4.79 Å². The van der Waals surface area contributed by atoms with Crippen LogP contribution in [-0.2, 0) is 16.2 Å². The molecule has 9 heteroatoms. The number of hydrogen-bond acceptors (Lipinski definition) is 5. The highest BCUT2D eigenvalue weighted by Crippen LogP contribution is 2.23. The Morgan fingerprint density at radius 3 is 2.68 bits per heavy atom. The quantitative estimate of drug-likeness (QED) is 0.334. The van der Waals surface area contributed by atoms with Gasteiger partial charge in [0, 0.05) is 10.6 Å². The number of benzene rings is 2. The average Bonchev–Trinajstić information content (AvgIpc) is 3.13. The van der Waals surface area contributed by atoms with Crippen LogP contribution in [0.3, 0.4) is 0 Å². The number of amidine groups is 1. The molecule has 28 heavy (non-hydrogen) atoms. The van der Waals surface area contributed by atoms with Crippen LogP contribution in [0.1, 0.15) is 12.3 Å². The number of oxazole rings is 1. The molecule has 0 unspecified atom stereocenters. The van der Waals surface area contributed by atoms with Gasteiger partial charge in [-0.25, -0.2) is 4.98 Å². The van der Waals surface area contributed by atoms with Gasteiger partial charge >= 0.3 is 0 Å². The van der Waals surface area contributed by atoms with E-state index >= 15 is 0 Å². The van der Waals surface area contributed by atoms with E-state index in [2.05, 4.69) is 15.5 Å². The Bertz CT molecular complexity index is 987. The van der Waals surface area contributed by atoms with E-state index in [1.807, 2.05) is 12.1 Å². The van der Waals surface area contributed by atoms with Crippen molar-refractivity contribution >= 4 is 40.6 Å². The average molecular weight is 419 g/mol. The molecule has 3 rings (SSSR count). The first-order valence-corrected chi connectivity index (χ1v) is 8.96. The molecule has 1 aromatic heterocycles. The summed E-state index contributed by atoms with van der Waals surface area (Å²) in [6, 6.07) is 14.0. The van der Waals surface area contributed by atoms with Gasteiger partial charge in [0.2, 0.25) is 11.8 Å². The summed E-state index contributed by atoms with van der Waals surface area (Å²) in [5.41, 5.74) is 7.04. The van der Waals surface area contributed by atoms with E-state index in [1.165, 1.54) is 0 Å². The molecule has 0 radical (unpaired) electrons. The second-order valence-electron chi connectivity index (χ2n) is 5.69. The number of nitrogens with zero attached hydrogens (tertiary/aromatic N) is 2. The molecule has 1 heterocycles. The second kappa shape index (κ2) is 9.25. The Morgan fingerprint density at radius 2 is 1.93 bits per heavy atom. The highest BCUT2D eigenvalue weighted by molar-refractivity contribution is 6.33. The molecule has 0 aliphatic rings. The maximum atomic E-state index is 12.0. The Morgan fingerprint density at radius 1 is 1.18 bits per heavy atom. The molecule has 0 atom stereocenters. The van der Waals surface area contributed by atoms with Gasteiger partial charge in [-0.15, -0.1) is 0 Å². The van der Waals surface area contributed by atoms with E-state index in [0.717, 1.165) is 5.56 Å². The van der Waals surface area contributed by atoms with E-state index in [0.29, 0.717) is 27.4 Å². The molecule has 2 aromatic carbocycles. The molecule has 0 spiro atoms. The SMILES string of the molecule is N/C(CC(=O)Nc1ccccc1Cl)=N/OCc1ncc(-c2ccc(Cl)cc2)o1. The zero-order valence-electron chi connectivity index (χ0n) is 14.6. The predicted octanol–water partition coefficient (Wildman–Crippen LogP) is 4.47. The second-order valence-corrected chi connectivity index (χ2v) is 6.53. The maximum absolute atomic E-state index is 12.0. The summed E-state index contributed by atoms with van der Waals surface area (Å²) in [4.78, 5) is 21.2. The lowest BCUT2D eigenvalue weighted by atomic mass is 10.2. The van der Waals surface area contributed by atoms with Crippen LogP contribution < -0.4 is 11.1 Å². The van der Waals surface area contributed by atoms with Gasteiger partial charge in [-0.2, -0.15) is 0 Å². The van der Waals surface area contributed by atoms with E-state index < -0.39 is 0 Å². The third kappa shape index (κ3) is 5.48. The highest BCUT2D eigenvalue weighted by atomic mass is 35.5. The Balaban J connectivity index is 1.49. The van der Waals surface area contributed by atoms with Crippen molar-refractivity contribution in [2.45, 2.75) is 13.0 Å². The minimum Gasteiger partial charge on any atom is -0.437 e. The molecule has 7 nitrogen and oxygen atoms in total. The zero-order chi connectivity index (χ0) is 19.9. The number of oxime groups is 1. The highest BCUT2D eigenvalue weighted by Gasteiger charge is 2.09. The third-order valence-corrected chi connectivity index (χ3v) is 4.12. The Labute approximate surface area is 171 Å². The molecule has 0 saturated carbocycles. The summed E-state index contributed by atoms with van der Waals surface area (Å²) in [7, 11) is 0. The first-order valence-electron chi connectivity index (χ1n) is 8.20. The number of carbonyl (C=O) groups excluding carboxylic acids is 1. The van der Waals surface area contributed by atoms with Gasteiger partial charge in [0.1, 0.15) is 5.84 Å². The van der Waals surface area contributed by atoms with Crippen LogP contribution in [0.2, 0.25) is 10.0 Å². The molecule has 3 aromatic rings.